The van der Waals surface area contributed by atoms with Crippen molar-refractivity contribution in [3.8, 4) is 5.82 Å². The van der Waals surface area contributed by atoms with Gasteiger partial charge in [-0.15, -0.1) is 0 Å². The van der Waals surface area contributed by atoms with E-state index in [-0.39, 0.29) is 12.1 Å². The van der Waals surface area contributed by atoms with Gasteiger partial charge in [0.25, 0.3) is 5.91 Å². The highest BCUT2D eigenvalue weighted by Gasteiger charge is 2.33. The molecular formula is C19H17F4N3O2. The van der Waals surface area contributed by atoms with Crippen LogP contribution in [0.15, 0.2) is 34.9 Å². The van der Waals surface area contributed by atoms with Crippen molar-refractivity contribution < 1.29 is 26.9 Å². The van der Waals surface area contributed by atoms with Gasteiger partial charge in [0.2, 0.25) is 0 Å². The molecule has 0 bridgehead atoms. The fraction of sp³-hybridized carbons (Fsp3) is 0.263. The summed E-state index contributed by atoms with van der Waals surface area (Å²) in [5.41, 5.74) is 0.250. The molecule has 1 aromatic carbocycles. The number of hydrogen-bond donors (Lipinski definition) is 1. The summed E-state index contributed by atoms with van der Waals surface area (Å²) in [6, 6.07) is 5.68. The van der Waals surface area contributed by atoms with Crippen LogP contribution in [0.4, 0.5) is 17.6 Å². The number of carbonyl (C=O) groups is 1. The second-order valence-corrected chi connectivity index (χ2v) is 6.40. The van der Waals surface area contributed by atoms with Gasteiger partial charge in [0.15, 0.2) is 5.82 Å². The number of hydrogen-bond acceptors (Lipinski definition) is 3. The van der Waals surface area contributed by atoms with E-state index in [9.17, 15) is 22.4 Å². The van der Waals surface area contributed by atoms with Gasteiger partial charge in [-0.1, -0.05) is 11.2 Å². The van der Waals surface area contributed by atoms with Crippen LogP contribution in [0.2, 0.25) is 0 Å². The molecule has 0 spiro atoms. The van der Waals surface area contributed by atoms with E-state index < -0.39 is 23.5 Å². The van der Waals surface area contributed by atoms with Crippen molar-refractivity contribution >= 4 is 5.91 Å². The van der Waals surface area contributed by atoms with Crippen molar-refractivity contribution in [1.29, 1.82) is 0 Å². The number of aromatic nitrogens is 2. The summed E-state index contributed by atoms with van der Waals surface area (Å²) in [6.45, 7) is 4.82. The molecule has 5 nitrogen and oxygen atoms in total. The SMILES string of the molecule is Cc1cc(-n2c(C)cc(C(=O)NCc3ccc(F)cc3C(F)(F)F)c2C)no1. The Morgan fingerprint density at radius 1 is 1.18 bits per heavy atom. The van der Waals surface area contributed by atoms with Gasteiger partial charge in [-0.2, -0.15) is 13.2 Å². The van der Waals surface area contributed by atoms with Crippen LogP contribution in [0.3, 0.4) is 0 Å². The predicted octanol–water partition coefficient (Wildman–Crippen LogP) is 4.48. The first-order chi connectivity index (χ1) is 13.1. The van der Waals surface area contributed by atoms with E-state index in [4.69, 9.17) is 4.52 Å². The maximum atomic E-state index is 13.2. The Labute approximate surface area is 157 Å². The van der Waals surface area contributed by atoms with Gasteiger partial charge in [0.1, 0.15) is 11.6 Å². The fourth-order valence-electron chi connectivity index (χ4n) is 3.04. The summed E-state index contributed by atoms with van der Waals surface area (Å²) in [4.78, 5) is 12.5. The zero-order valence-corrected chi connectivity index (χ0v) is 15.3. The highest BCUT2D eigenvalue weighted by atomic mass is 19.4. The normalized spacial score (nSPS) is 11.7. The molecule has 0 aliphatic rings. The minimum absolute atomic E-state index is 0.219. The summed E-state index contributed by atoms with van der Waals surface area (Å²) in [7, 11) is 0. The van der Waals surface area contributed by atoms with E-state index in [0.29, 0.717) is 34.6 Å². The third kappa shape index (κ3) is 3.78. The van der Waals surface area contributed by atoms with Gasteiger partial charge in [0.05, 0.1) is 11.1 Å². The molecule has 148 valence electrons. The Hall–Kier alpha value is -3.10. The number of carbonyl (C=O) groups excluding carboxylic acids is 1. The number of alkyl halides is 3. The molecule has 1 amide bonds. The summed E-state index contributed by atoms with van der Waals surface area (Å²) in [5, 5.41) is 6.38. The highest BCUT2D eigenvalue weighted by Crippen LogP contribution is 2.32. The van der Waals surface area contributed by atoms with E-state index in [0.717, 1.165) is 12.1 Å². The number of benzene rings is 1. The van der Waals surface area contributed by atoms with E-state index in [1.807, 2.05) is 0 Å². The second-order valence-electron chi connectivity index (χ2n) is 6.40. The van der Waals surface area contributed by atoms with Gasteiger partial charge in [-0.25, -0.2) is 4.39 Å². The number of amides is 1. The lowest BCUT2D eigenvalue weighted by Crippen LogP contribution is -2.25. The Morgan fingerprint density at radius 2 is 1.89 bits per heavy atom. The molecule has 0 fully saturated rings. The second kappa shape index (κ2) is 7.14. The molecule has 0 aliphatic heterocycles. The molecule has 0 aliphatic carbocycles. The van der Waals surface area contributed by atoms with Crippen LogP contribution in [-0.4, -0.2) is 15.6 Å². The van der Waals surface area contributed by atoms with Crippen LogP contribution in [0, 0.1) is 26.6 Å². The first kappa shape index (κ1) is 19.7. The fourth-order valence-corrected chi connectivity index (χ4v) is 3.04. The van der Waals surface area contributed by atoms with Crippen LogP contribution < -0.4 is 5.32 Å². The molecule has 3 aromatic rings. The lowest BCUT2D eigenvalue weighted by molar-refractivity contribution is -0.138. The maximum absolute atomic E-state index is 13.2. The topological polar surface area (TPSA) is 60.1 Å². The van der Waals surface area contributed by atoms with Crippen LogP contribution in [0.5, 0.6) is 0 Å². The molecule has 0 atom stereocenters. The summed E-state index contributed by atoms with van der Waals surface area (Å²) < 4.78 is 59.2. The zero-order valence-electron chi connectivity index (χ0n) is 15.3. The molecule has 3 rings (SSSR count). The Balaban J connectivity index is 1.84. The minimum atomic E-state index is -4.72. The van der Waals surface area contributed by atoms with Crippen LogP contribution in [-0.2, 0) is 12.7 Å². The molecule has 0 unspecified atom stereocenters. The third-order valence-electron chi connectivity index (χ3n) is 4.34. The van der Waals surface area contributed by atoms with Gasteiger partial charge in [0, 0.05) is 24.0 Å². The lowest BCUT2D eigenvalue weighted by Gasteiger charge is -2.13. The van der Waals surface area contributed by atoms with Crippen LogP contribution in [0.25, 0.3) is 5.82 Å². The van der Waals surface area contributed by atoms with E-state index in [2.05, 4.69) is 10.5 Å². The summed E-state index contributed by atoms with van der Waals surface area (Å²) in [5.74, 6) is -0.431. The molecule has 28 heavy (non-hydrogen) atoms. The first-order valence-corrected chi connectivity index (χ1v) is 8.34. The van der Waals surface area contributed by atoms with Crippen molar-refractivity contribution in [3.05, 3.63) is 70.0 Å². The van der Waals surface area contributed by atoms with Gasteiger partial charge in [-0.05, 0) is 44.5 Å². The molecule has 2 aromatic heterocycles. The van der Waals surface area contributed by atoms with Crippen molar-refractivity contribution in [2.24, 2.45) is 0 Å². The predicted molar refractivity (Wildman–Crippen MR) is 92.6 cm³/mol. The van der Waals surface area contributed by atoms with Gasteiger partial charge >= 0.3 is 6.18 Å². The standard InChI is InChI=1S/C19H17F4N3O2/c1-10-6-15(12(3)26(10)17-7-11(2)28-25-17)18(27)24-9-13-4-5-14(20)8-16(13)19(21,22)23/h4-8H,9H2,1-3H3,(H,24,27). The molecule has 9 heteroatoms. The quantitative estimate of drug-likeness (QED) is 0.663. The molecule has 0 saturated carbocycles. The average Bonchev–Trinajstić information content (AvgIpc) is 3.15. The number of halogens is 4. The molecule has 0 radical (unpaired) electrons. The zero-order chi connectivity index (χ0) is 20.6. The lowest BCUT2D eigenvalue weighted by atomic mass is 10.1. The van der Waals surface area contributed by atoms with E-state index in [1.54, 1.807) is 37.5 Å². The largest absolute Gasteiger partial charge is 0.416 e. The number of nitrogens with one attached hydrogen (secondary N) is 1. The van der Waals surface area contributed by atoms with Crippen molar-refractivity contribution in [2.45, 2.75) is 33.5 Å². The number of aryl methyl sites for hydroxylation is 2. The molecular weight excluding hydrogens is 378 g/mol. The van der Waals surface area contributed by atoms with Crippen molar-refractivity contribution in [1.82, 2.24) is 15.0 Å². The van der Waals surface area contributed by atoms with Crippen molar-refractivity contribution in [3.63, 3.8) is 0 Å². The average molecular weight is 395 g/mol. The molecule has 1 N–H and O–H groups in total. The van der Waals surface area contributed by atoms with E-state index in [1.165, 1.54) is 0 Å². The smallest absolute Gasteiger partial charge is 0.360 e. The Kier molecular flexibility index (Phi) is 5.01. The Bertz CT molecular complexity index is 1030. The summed E-state index contributed by atoms with van der Waals surface area (Å²) in [6.07, 6.45) is -4.72. The van der Waals surface area contributed by atoms with Crippen molar-refractivity contribution in [2.75, 3.05) is 0 Å². The van der Waals surface area contributed by atoms with Gasteiger partial charge < -0.3 is 9.84 Å². The monoisotopic (exact) mass is 395 g/mol. The minimum Gasteiger partial charge on any atom is -0.360 e. The van der Waals surface area contributed by atoms with Crippen LogP contribution in [0.1, 0.15) is 38.6 Å². The van der Waals surface area contributed by atoms with Crippen LogP contribution >= 0.6 is 0 Å². The summed E-state index contributed by atoms with van der Waals surface area (Å²) >= 11 is 0. The maximum Gasteiger partial charge on any atom is 0.416 e. The first-order valence-electron chi connectivity index (χ1n) is 8.34. The number of nitrogens with zero attached hydrogens (tertiary/aromatic N) is 2. The number of rotatable bonds is 4. The third-order valence-corrected chi connectivity index (χ3v) is 4.34. The highest BCUT2D eigenvalue weighted by molar-refractivity contribution is 5.95. The van der Waals surface area contributed by atoms with E-state index >= 15 is 0 Å². The Morgan fingerprint density at radius 3 is 2.50 bits per heavy atom. The molecule has 0 saturated heterocycles. The molecule has 2 heterocycles. The van der Waals surface area contributed by atoms with Gasteiger partial charge in [-0.3, -0.25) is 9.36 Å².